The standard InChI is InChI=1S/C16H16N4O/c1-2-11-9-20-8-10(3-6-15(20)18-11)16(21)19-14-7-12-4-5-13(14)17-12/h1,3,6,8-9,12-14,17H,4-5,7H2,(H,19,21). The van der Waals surface area contributed by atoms with Crippen LogP contribution in [-0.2, 0) is 0 Å². The van der Waals surface area contributed by atoms with Crippen LogP contribution in [0.2, 0.25) is 0 Å². The van der Waals surface area contributed by atoms with Crippen LogP contribution in [0.5, 0.6) is 0 Å². The van der Waals surface area contributed by atoms with Gasteiger partial charge in [-0.2, -0.15) is 0 Å². The number of nitrogens with one attached hydrogen (secondary N) is 2. The molecule has 0 spiro atoms. The van der Waals surface area contributed by atoms with Gasteiger partial charge in [0.05, 0.1) is 5.56 Å². The average Bonchev–Trinajstić information content (AvgIpc) is 3.20. The summed E-state index contributed by atoms with van der Waals surface area (Å²) < 4.78 is 1.79. The van der Waals surface area contributed by atoms with Gasteiger partial charge in [0.25, 0.3) is 5.91 Å². The average molecular weight is 280 g/mol. The van der Waals surface area contributed by atoms with E-state index in [9.17, 15) is 4.79 Å². The zero-order valence-electron chi connectivity index (χ0n) is 11.5. The van der Waals surface area contributed by atoms with Crippen LogP contribution in [0.1, 0.15) is 35.3 Å². The highest BCUT2D eigenvalue weighted by Crippen LogP contribution is 2.28. The van der Waals surface area contributed by atoms with Gasteiger partial charge in [-0.15, -0.1) is 6.42 Å². The lowest BCUT2D eigenvalue weighted by atomic mass is 9.95. The third-order valence-corrected chi connectivity index (χ3v) is 4.48. The number of carbonyl (C=O) groups is 1. The molecule has 2 N–H and O–H groups in total. The van der Waals surface area contributed by atoms with Gasteiger partial charge in [-0.25, -0.2) is 4.98 Å². The minimum Gasteiger partial charge on any atom is -0.348 e. The zero-order chi connectivity index (χ0) is 14.4. The molecule has 0 saturated carbocycles. The van der Waals surface area contributed by atoms with Gasteiger partial charge in [-0.05, 0) is 37.3 Å². The lowest BCUT2D eigenvalue weighted by molar-refractivity contribution is 0.0930. The molecule has 5 nitrogen and oxygen atoms in total. The van der Waals surface area contributed by atoms with E-state index in [1.54, 1.807) is 22.9 Å². The fraction of sp³-hybridized carbons (Fsp3) is 0.375. The number of rotatable bonds is 2. The van der Waals surface area contributed by atoms with Crippen molar-refractivity contribution in [2.24, 2.45) is 0 Å². The SMILES string of the molecule is C#Cc1cn2cc(C(=O)NC3CC4CCC3N4)ccc2n1. The number of hydrogen-bond donors (Lipinski definition) is 2. The summed E-state index contributed by atoms with van der Waals surface area (Å²) in [5, 5.41) is 6.66. The lowest BCUT2D eigenvalue weighted by Gasteiger charge is -2.21. The maximum atomic E-state index is 12.4. The quantitative estimate of drug-likeness (QED) is 0.805. The summed E-state index contributed by atoms with van der Waals surface area (Å²) in [4.78, 5) is 16.6. The van der Waals surface area contributed by atoms with Crippen molar-refractivity contribution in [1.29, 1.82) is 0 Å². The molecule has 5 heteroatoms. The fourth-order valence-corrected chi connectivity index (χ4v) is 3.43. The maximum Gasteiger partial charge on any atom is 0.253 e. The predicted molar refractivity (Wildman–Crippen MR) is 78.9 cm³/mol. The molecule has 2 saturated heterocycles. The minimum atomic E-state index is -0.0350. The monoisotopic (exact) mass is 280 g/mol. The molecule has 1 amide bonds. The van der Waals surface area contributed by atoms with Crippen LogP contribution >= 0.6 is 0 Å². The highest BCUT2D eigenvalue weighted by molar-refractivity contribution is 5.94. The van der Waals surface area contributed by atoms with Crippen molar-refractivity contribution in [3.05, 3.63) is 35.8 Å². The summed E-state index contributed by atoms with van der Waals surface area (Å²) in [5.41, 5.74) is 1.96. The molecule has 21 heavy (non-hydrogen) atoms. The topological polar surface area (TPSA) is 58.4 Å². The molecule has 2 fully saturated rings. The van der Waals surface area contributed by atoms with Gasteiger partial charge in [-0.1, -0.05) is 0 Å². The van der Waals surface area contributed by atoms with E-state index in [2.05, 4.69) is 21.5 Å². The summed E-state index contributed by atoms with van der Waals surface area (Å²) >= 11 is 0. The molecule has 3 atom stereocenters. The van der Waals surface area contributed by atoms with Crippen molar-refractivity contribution < 1.29 is 4.79 Å². The predicted octanol–water partition coefficient (Wildman–Crippen LogP) is 0.938. The first kappa shape index (κ1) is 12.4. The normalized spacial score (nSPS) is 26.9. The number of carbonyl (C=O) groups excluding carboxylic acids is 1. The van der Waals surface area contributed by atoms with E-state index in [4.69, 9.17) is 6.42 Å². The van der Waals surface area contributed by atoms with E-state index in [0.717, 1.165) is 18.5 Å². The molecule has 0 aromatic carbocycles. The summed E-state index contributed by atoms with van der Waals surface area (Å²) in [7, 11) is 0. The molecule has 2 aliphatic rings. The number of nitrogens with zero attached hydrogens (tertiary/aromatic N) is 2. The molecule has 0 aliphatic carbocycles. The molecule has 2 aromatic heterocycles. The Bertz CT molecular complexity index is 757. The molecular formula is C16H16N4O. The van der Waals surface area contributed by atoms with Gasteiger partial charge in [0.2, 0.25) is 0 Å². The van der Waals surface area contributed by atoms with Crippen molar-refractivity contribution >= 4 is 11.6 Å². The molecule has 4 heterocycles. The van der Waals surface area contributed by atoms with Crippen LogP contribution in [0.4, 0.5) is 0 Å². The second kappa shape index (κ2) is 4.61. The van der Waals surface area contributed by atoms with Crippen molar-refractivity contribution in [3.63, 3.8) is 0 Å². The Morgan fingerprint density at radius 3 is 3.05 bits per heavy atom. The largest absolute Gasteiger partial charge is 0.348 e. The summed E-state index contributed by atoms with van der Waals surface area (Å²) in [6.45, 7) is 0. The van der Waals surface area contributed by atoms with E-state index in [1.807, 2.05) is 6.07 Å². The van der Waals surface area contributed by atoms with Gasteiger partial charge >= 0.3 is 0 Å². The van der Waals surface area contributed by atoms with E-state index in [0.29, 0.717) is 23.3 Å². The van der Waals surface area contributed by atoms with Gasteiger partial charge in [0.15, 0.2) is 0 Å². The Morgan fingerprint density at radius 2 is 2.33 bits per heavy atom. The smallest absolute Gasteiger partial charge is 0.253 e. The second-order valence-corrected chi connectivity index (χ2v) is 5.82. The Balaban J connectivity index is 1.55. The number of imidazole rings is 1. The first-order valence-electron chi connectivity index (χ1n) is 7.25. The summed E-state index contributed by atoms with van der Waals surface area (Å²) in [6.07, 6.45) is 12.3. The number of aromatic nitrogens is 2. The number of terminal acetylenes is 1. The highest BCUT2D eigenvalue weighted by atomic mass is 16.1. The third kappa shape index (κ3) is 2.08. The van der Waals surface area contributed by atoms with Gasteiger partial charge in [0, 0.05) is 30.5 Å². The second-order valence-electron chi connectivity index (χ2n) is 5.82. The first-order chi connectivity index (χ1) is 10.2. The van der Waals surface area contributed by atoms with Crippen LogP contribution in [0, 0.1) is 12.3 Å². The summed E-state index contributed by atoms with van der Waals surface area (Å²) in [5.74, 6) is 2.47. The first-order valence-corrected chi connectivity index (χ1v) is 7.25. The molecule has 2 aromatic rings. The van der Waals surface area contributed by atoms with Crippen LogP contribution in [0.3, 0.4) is 0 Å². The van der Waals surface area contributed by atoms with Crippen molar-refractivity contribution in [3.8, 4) is 12.3 Å². The van der Waals surface area contributed by atoms with E-state index < -0.39 is 0 Å². The van der Waals surface area contributed by atoms with E-state index in [-0.39, 0.29) is 11.9 Å². The minimum absolute atomic E-state index is 0.0350. The van der Waals surface area contributed by atoms with Crippen LogP contribution < -0.4 is 10.6 Å². The Kier molecular flexibility index (Phi) is 2.72. The number of pyridine rings is 1. The van der Waals surface area contributed by atoms with Gasteiger partial charge in [0.1, 0.15) is 11.3 Å². The molecule has 0 radical (unpaired) electrons. The summed E-state index contributed by atoms with van der Waals surface area (Å²) in [6, 6.07) is 4.86. The van der Waals surface area contributed by atoms with Gasteiger partial charge in [-0.3, -0.25) is 4.79 Å². The number of fused-ring (bicyclic) bond motifs is 3. The Morgan fingerprint density at radius 1 is 1.43 bits per heavy atom. The van der Waals surface area contributed by atoms with Crippen LogP contribution in [-0.4, -0.2) is 33.4 Å². The van der Waals surface area contributed by atoms with Crippen LogP contribution in [0.25, 0.3) is 5.65 Å². The Hall–Kier alpha value is -2.32. The molecular weight excluding hydrogens is 264 g/mol. The van der Waals surface area contributed by atoms with Crippen LogP contribution in [0.15, 0.2) is 24.5 Å². The van der Waals surface area contributed by atoms with E-state index >= 15 is 0 Å². The highest BCUT2D eigenvalue weighted by Gasteiger charge is 2.39. The van der Waals surface area contributed by atoms with E-state index in [1.165, 1.54) is 6.42 Å². The van der Waals surface area contributed by atoms with Crippen molar-refractivity contribution in [2.75, 3.05) is 0 Å². The number of hydrogen-bond acceptors (Lipinski definition) is 3. The van der Waals surface area contributed by atoms with Crippen molar-refractivity contribution in [2.45, 2.75) is 37.4 Å². The van der Waals surface area contributed by atoms with Gasteiger partial charge < -0.3 is 15.0 Å². The molecule has 106 valence electrons. The zero-order valence-corrected chi connectivity index (χ0v) is 11.5. The number of amides is 1. The molecule has 2 bridgehead atoms. The molecule has 2 aliphatic heterocycles. The van der Waals surface area contributed by atoms with Crippen molar-refractivity contribution in [1.82, 2.24) is 20.0 Å². The molecule has 4 rings (SSSR count). The molecule has 3 unspecified atom stereocenters. The third-order valence-electron chi connectivity index (χ3n) is 4.48. The lowest BCUT2D eigenvalue weighted by Crippen LogP contribution is -2.42. The maximum absolute atomic E-state index is 12.4. The fourth-order valence-electron chi connectivity index (χ4n) is 3.43. The Labute approximate surface area is 122 Å².